The maximum Gasteiger partial charge on any atom is 0.524 e. The van der Waals surface area contributed by atoms with Gasteiger partial charge in [-0.1, -0.05) is 56.3 Å². The lowest BCUT2D eigenvalue weighted by Gasteiger charge is -2.25. The first-order valence-corrected chi connectivity index (χ1v) is 11.6. The lowest BCUT2D eigenvalue weighted by molar-refractivity contribution is 0.282. The van der Waals surface area contributed by atoms with Gasteiger partial charge in [-0.3, -0.25) is 9.79 Å². The second-order valence-electron chi connectivity index (χ2n) is 8.17. The standard InChI is InChI=1S/C25H29O4P/c1-15(2)22-21(29-30(26,27)28)14-13-20(23-16(3)9-7-10-17(23)4)25(22)24-18(5)11-8-12-19(24)6/h7-15H,1-6H3,(H2,26,27,28). The Labute approximate surface area is 178 Å². The molecule has 0 heterocycles. The van der Waals surface area contributed by atoms with Gasteiger partial charge in [0.2, 0.25) is 0 Å². The topological polar surface area (TPSA) is 66.8 Å². The average Bonchev–Trinajstić information content (AvgIpc) is 2.61. The Morgan fingerprint density at radius 1 is 0.733 bits per heavy atom. The van der Waals surface area contributed by atoms with Crippen LogP contribution < -0.4 is 4.52 Å². The van der Waals surface area contributed by atoms with Crippen molar-refractivity contribution in [2.45, 2.75) is 47.5 Å². The van der Waals surface area contributed by atoms with Gasteiger partial charge in [0, 0.05) is 5.56 Å². The van der Waals surface area contributed by atoms with Crippen LogP contribution in [-0.4, -0.2) is 9.79 Å². The van der Waals surface area contributed by atoms with Crippen LogP contribution in [-0.2, 0) is 4.57 Å². The van der Waals surface area contributed by atoms with E-state index < -0.39 is 7.82 Å². The van der Waals surface area contributed by atoms with Gasteiger partial charge in [-0.2, -0.15) is 0 Å². The van der Waals surface area contributed by atoms with Gasteiger partial charge in [0.05, 0.1) is 0 Å². The van der Waals surface area contributed by atoms with E-state index in [0.717, 1.165) is 50.1 Å². The number of rotatable bonds is 5. The molecule has 158 valence electrons. The van der Waals surface area contributed by atoms with Crippen molar-refractivity contribution in [2.75, 3.05) is 0 Å². The Morgan fingerprint density at radius 2 is 1.20 bits per heavy atom. The van der Waals surface area contributed by atoms with Crippen LogP contribution in [0.1, 0.15) is 47.6 Å². The van der Waals surface area contributed by atoms with Crippen LogP contribution in [0.15, 0.2) is 48.5 Å². The minimum absolute atomic E-state index is 0.00942. The molecule has 2 N–H and O–H groups in total. The fourth-order valence-corrected chi connectivity index (χ4v) is 4.72. The first-order chi connectivity index (χ1) is 14.0. The van der Waals surface area contributed by atoms with E-state index >= 15 is 0 Å². The number of benzene rings is 3. The minimum atomic E-state index is -4.70. The SMILES string of the molecule is Cc1cccc(C)c1-c1ccc(OP(=O)(O)O)c(C(C)C)c1-c1c(C)cccc1C. The second-order valence-corrected chi connectivity index (χ2v) is 9.33. The van der Waals surface area contributed by atoms with Gasteiger partial charge in [0.15, 0.2) is 0 Å². The third-order valence-electron chi connectivity index (χ3n) is 5.48. The highest BCUT2D eigenvalue weighted by Crippen LogP contribution is 2.49. The summed E-state index contributed by atoms with van der Waals surface area (Å²) in [6.07, 6.45) is 0. The summed E-state index contributed by atoms with van der Waals surface area (Å²) in [5, 5.41) is 0. The van der Waals surface area contributed by atoms with Crippen LogP contribution in [0, 0.1) is 27.7 Å². The van der Waals surface area contributed by atoms with E-state index in [2.05, 4.69) is 52.0 Å². The van der Waals surface area contributed by atoms with Crippen molar-refractivity contribution in [1.29, 1.82) is 0 Å². The normalized spacial score (nSPS) is 11.8. The highest BCUT2D eigenvalue weighted by molar-refractivity contribution is 7.46. The Balaban J connectivity index is 2.51. The van der Waals surface area contributed by atoms with E-state index in [4.69, 9.17) is 4.52 Å². The van der Waals surface area contributed by atoms with E-state index in [1.54, 1.807) is 6.07 Å². The maximum atomic E-state index is 11.7. The van der Waals surface area contributed by atoms with Gasteiger partial charge in [-0.25, -0.2) is 4.57 Å². The molecule has 30 heavy (non-hydrogen) atoms. The molecule has 0 unspecified atom stereocenters. The van der Waals surface area contributed by atoms with Crippen molar-refractivity contribution in [2.24, 2.45) is 0 Å². The van der Waals surface area contributed by atoms with Crippen LogP contribution >= 0.6 is 7.82 Å². The molecule has 0 aliphatic carbocycles. The summed E-state index contributed by atoms with van der Waals surface area (Å²) in [5.74, 6) is 0.218. The van der Waals surface area contributed by atoms with Gasteiger partial charge in [-0.05, 0) is 84.2 Å². The van der Waals surface area contributed by atoms with Crippen LogP contribution in [0.2, 0.25) is 0 Å². The van der Waals surface area contributed by atoms with Crippen molar-refractivity contribution in [3.8, 4) is 28.0 Å². The average molecular weight is 424 g/mol. The quantitative estimate of drug-likeness (QED) is 0.440. The molecule has 3 rings (SSSR count). The Kier molecular flexibility index (Phi) is 6.24. The summed E-state index contributed by atoms with van der Waals surface area (Å²) in [5.41, 5.74) is 9.57. The summed E-state index contributed by atoms with van der Waals surface area (Å²) >= 11 is 0. The van der Waals surface area contributed by atoms with E-state index in [-0.39, 0.29) is 11.7 Å². The summed E-state index contributed by atoms with van der Waals surface area (Å²) in [6, 6.07) is 16.0. The first-order valence-electron chi connectivity index (χ1n) is 10.1. The molecule has 5 heteroatoms. The molecular formula is C25H29O4P. The van der Waals surface area contributed by atoms with Crippen molar-refractivity contribution in [3.63, 3.8) is 0 Å². The molecule has 0 aliphatic heterocycles. The monoisotopic (exact) mass is 424 g/mol. The van der Waals surface area contributed by atoms with Crippen molar-refractivity contribution in [1.82, 2.24) is 0 Å². The fraction of sp³-hybridized carbons (Fsp3) is 0.280. The molecule has 0 bridgehead atoms. The highest BCUT2D eigenvalue weighted by atomic mass is 31.2. The Hall–Kier alpha value is -2.39. The molecule has 0 aliphatic rings. The second kappa shape index (κ2) is 8.39. The molecule has 3 aromatic carbocycles. The molecule has 4 nitrogen and oxygen atoms in total. The zero-order valence-electron chi connectivity index (χ0n) is 18.4. The summed E-state index contributed by atoms with van der Waals surface area (Å²) < 4.78 is 16.8. The highest BCUT2D eigenvalue weighted by Gasteiger charge is 2.26. The number of hydrogen-bond donors (Lipinski definition) is 2. The Bertz CT molecular complexity index is 1100. The summed E-state index contributed by atoms with van der Waals surface area (Å²) in [7, 11) is -4.70. The number of phosphoric acid groups is 1. The molecule has 0 amide bonds. The Morgan fingerprint density at radius 3 is 1.63 bits per heavy atom. The molecule has 3 aromatic rings. The van der Waals surface area contributed by atoms with Gasteiger partial charge >= 0.3 is 7.82 Å². The van der Waals surface area contributed by atoms with Crippen LogP contribution in [0.4, 0.5) is 0 Å². The zero-order valence-corrected chi connectivity index (χ0v) is 19.2. The predicted molar refractivity (Wildman–Crippen MR) is 123 cm³/mol. The fourth-order valence-electron chi connectivity index (χ4n) is 4.31. The van der Waals surface area contributed by atoms with Crippen LogP contribution in [0.3, 0.4) is 0 Å². The number of hydrogen-bond acceptors (Lipinski definition) is 2. The number of aryl methyl sites for hydroxylation is 4. The smallest absolute Gasteiger partial charge is 0.404 e. The largest absolute Gasteiger partial charge is 0.524 e. The molecule has 0 atom stereocenters. The third kappa shape index (κ3) is 4.37. The van der Waals surface area contributed by atoms with E-state index in [9.17, 15) is 14.4 Å². The van der Waals surface area contributed by atoms with Crippen LogP contribution in [0.5, 0.6) is 5.75 Å². The molecular weight excluding hydrogens is 395 g/mol. The lowest BCUT2D eigenvalue weighted by Crippen LogP contribution is -2.04. The van der Waals surface area contributed by atoms with Crippen LogP contribution in [0.25, 0.3) is 22.3 Å². The van der Waals surface area contributed by atoms with Gasteiger partial charge < -0.3 is 4.52 Å². The maximum absolute atomic E-state index is 11.7. The molecule has 0 saturated carbocycles. The van der Waals surface area contributed by atoms with E-state index in [0.29, 0.717) is 0 Å². The minimum Gasteiger partial charge on any atom is -0.404 e. The zero-order chi connectivity index (χ0) is 22.2. The van der Waals surface area contributed by atoms with Gasteiger partial charge in [0.25, 0.3) is 0 Å². The lowest BCUT2D eigenvalue weighted by atomic mass is 9.81. The molecule has 0 saturated heterocycles. The first kappa shape index (κ1) is 22.3. The van der Waals surface area contributed by atoms with Crippen molar-refractivity contribution < 1.29 is 18.9 Å². The molecule has 0 aromatic heterocycles. The third-order valence-corrected chi connectivity index (χ3v) is 5.92. The van der Waals surface area contributed by atoms with Gasteiger partial charge in [-0.15, -0.1) is 0 Å². The predicted octanol–water partition coefficient (Wildman–Crippen LogP) is 6.85. The summed E-state index contributed by atoms with van der Waals surface area (Å²) in [4.78, 5) is 19.0. The molecule has 0 spiro atoms. The molecule has 0 fully saturated rings. The van der Waals surface area contributed by atoms with E-state index in [1.165, 1.54) is 0 Å². The van der Waals surface area contributed by atoms with E-state index in [1.807, 2.05) is 32.0 Å². The number of phosphoric ester groups is 1. The van der Waals surface area contributed by atoms with Crippen molar-refractivity contribution >= 4 is 7.82 Å². The van der Waals surface area contributed by atoms with Crippen molar-refractivity contribution in [3.05, 3.63) is 76.3 Å². The molecule has 0 radical (unpaired) electrons. The van der Waals surface area contributed by atoms with Gasteiger partial charge in [0.1, 0.15) is 5.75 Å². The summed E-state index contributed by atoms with van der Waals surface area (Å²) in [6.45, 7) is 12.4.